The van der Waals surface area contributed by atoms with E-state index in [0.717, 1.165) is 11.3 Å². The summed E-state index contributed by atoms with van der Waals surface area (Å²) in [6.45, 7) is 0.343. The topological polar surface area (TPSA) is 101 Å². The van der Waals surface area contributed by atoms with Crippen molar-refractivity contribution >= 4 is 33.0 Å². The molecule has 0 spiro atoms. The summed E-state index contributed by atoms with van der Waals surface area (Å²) in [6.07, 6.45) is 1.23. The highest BCUT2D eigenvalue weighted by atomic mass is 32.2. The summed E-state index contributed by atoms with van der Waals surface area (Å²) in [5.74, 6) is -0.601. The number of hydrogen-bond acceptors (Lipinski definition) is 7. The number of nitrogens with one attached hydrogen (secondary N) is 1. The van der Waals surface area contributed by atoms with Crippen LogP contribution in [0.3, 0.4) is 0 Å². The van der Waals surface area contributed by atoms with Gasteiger partial charge in [-0.05, 0) is 49.2 Å². The van der Waals surface area contributed by atoms with Crippen LogP contribution in [-0.2, 0) is 10.0 Å². The maximum Gasteiger partial charge on any atom is 0.286 e. The van der Waals surface area contributed by atoms with Crippen LogP contribution >= 0.6 is 11.3 Å². The number of aromatic nitrogens is 2. The molecular weight excluding hydrogens is 443 g/mol. The van der Waals surface area contributed by atoms with Gasteiger partial charge in [0.1, 0.15) is 16.6 Å². The minimum Gasteiger partial charge on any atom is -0.497 e. The summed E-state index contributed by atoms with van der Waals surface area (Å²) in [7, 11) is -2.25. The number of nitrogens with zero attached hydrogens (tertiary/aromatic N) is 3. The summed E-state index contributed by atoms with van der Waals surface area (Å²) in [5, 5.41) is 10.9. The minimum atomic E-state index is -3.76. The Morgan fingerprint density at radius 3 is 2.65 bits per heavy atom. The molecule has 1 aliphatic heterocycles. The number of rotatable bonds is 6. The van der Waals surface area contributed by atoms with Gasteiger partial charge in [-0.3, -0.25) is 4.79 Å². The number of sulfonamides is 1. The number of ether oxygens (including phenoxy) is 1. The van der Waals surface area contributed by atoms with Crippen molar-refractivity contribution in [2.75, 3.05) is 19.0 Å². The quantitative estimate of drug-likeness (QED) is 0.602. The molecule has 3 aromatic rings. The normalized spacial score (nSPS) is 16.9. The van der Waals surface area contributed by atoms with Crippen LogP contribution in [0, 0.1) is 5.82 Å². The second-order valence-electron chi connectivity index (χ2n) is 6.83. The van der Waals surface area contributed by atoms with E-state index in [1.807, 2.05) is 0 Å². The van der Waals surface area contributed by atoms with Crippen molar-refractivity contribution in [3.8, 4) is 5.75 Å². The van der Waals surface area contributed by atoms with Crippen LogP contribution in [0.4, 0.5) is 10.1 Å². The molecule has 1 saturated heterocycles. The molecule has 1 amide bonds. The number of para-hydroxylation sites is 1. The third kappa shape index (κ3) is 4.29. The fourth-order valence-corrected chi connectivity index (χ4v) is 5.97. The number of carbonyl (C=O) groups excluding carboxylic acids is 1. The van der Waals surface area contributed by atoms with E-state index in [9.17, 15) is 17.6 Å². The first-order valence-corrected chi connectivity index (χ1v) is 11.7. The maximum absolute atomic E-state index is 13.8. The van der Waals surface area contributed by atoms with E-state index in [2.05, 4.69) is 15.5 Å². The van der Waals surface area contributed by atoms with E-state index in [0.29, 0.717) is 30.1 Å². The maximum atomic E-state index is 13.8. The minimum absolute atomic E-state index is 0.0342. The SMILES string of the molecule is COc1ccc(S(=O)(=O)N2CCC[C@H]2c2nnc(C(=O)Nc3ccccc3F)s2)cc1. The molecule has 0 aliphatic carbocycles. The number of hydrogen-bond donors (Lipinski definition) is 1. The first-order chi connectivity index (χ1) is 14.9. The van der Waals surface area contributed by atoms with Crippen LogP contribution in [0.1, 0.15) is 33.7 Å². The van der Waals surface area contributed by atoms with Gasteiger partial charge in [-0.15, -0.1) is 10.2 Å². The van der Waals surface area contributed by atoms with Gasteiger partial charge in [-0.2, -0.15) is 4.31 Å². The van der Waals surface area contributed by atoms with Gasteiger partial charge in [-0.25, -0.2) is 12.8 Å². The molecule has 11 heteroatoms. The molecule has 4 rings (SSSR count). The predicted octanol–water partition coefficient (Wildman–Crippen LogP) is 3.46. The second kappa shape index (κ2) is 8.69. The number of amides is 1. The Morgan fingerprint density at radius 2 is 1.94 bits per heavy atom. The van der Waals surface area contributed by atoms with Crippen LogP contribution in [0.15, 0.2) is 53.4 Å². The zero-order valence-corrected chi connectivity index (χ0v) is 18.1. The number of halogens is 1. The number of anilines is 1. The summed E-state index contributed by atoms with van der Waals surface area (Å²) in [5.41, 5.74) is 0.0360. The third-order valence-electron chi connectivity index (χ3n) is 4.91. The summed E-state index contributed by atoms with van der Waals surface area (Å²) < 4.78 is 46.6. The average Bonchev–Trinajstić information content (AvgIpc) is 3.45. The van der Waals surface area contributed by atoms with Crippen LogP contribution < -0.4 is 10.1 Å². The molecule has 2 aromatic carbocycles. The first kappa shape index (κ1) is 21.3. The largest absolute Gasteiger partial charge is 0.497 e. The van der Waals surface area contributed by atoms with Crippen molar-refractivity contribution < 1.29 is 22.3 Å². The molecule has 0 bridgehead atoms. The average molecular weight is 463 g/mol. The highest BCUT2D eigenvalue weighted by Gasteiger charge is 2.38. The lowest BCUT2D eigenvalue weighted by Crippen LogP contribution is -2.30. The van der Waals surface area contributed by atoms with Gasteiger partial charge in [0.05, 0.1) is 23.7 Å². The van der Waals surface area contributed by atoms with Gasteiger partial charge < -0.3 is 10.1 Å². The molecule has 8 nitrogen and oxygen atoms in total. The van der Waals surface area contributed by atoms with Gasteiger partial charge in [0.15, 0.2) is 0 Å². The molecule has 0 saturated carbocycles. The number of carbonyl (C=O) groups is 1. The number of methoxy groups -OCH3 is 1. The Morgan fingerprint density at radius 1 is 1.19 bits per heavy atom. The van der Waals surface area contributed by atoms with E-state index in [-0.39, 0.29) is 15.6 Å². The monoisotopic (exact) mass is 462 g/mol. The van der Waals surface area contributed by atoms with Crippen molar-refractivity contribution in [2.24, 2.45) is 0 Å². The molecule has 1 aromatic heterocycles. The Hall–Kier alpha value is -2.89. The molecule has 0 unspecified atom stereocenters. The van der Waals surface area contributed by atoms with Crippen molar-refractivity contribution in [3.63, 3.8) is 0 Å². The van der Waals surface area contributed by atoms with Crippen molar-refractivity contribution in [1.29, 1.82) is 0 Å². The molecule has 1 fully saturated rings. The zero-order valence-electron chi connectivity index (χ0n) is 16.5. The Bertz CT molecular complexity index is 1200. The highest BCUT2D eigenvalue weighted by Crippen LogP contribution is 2.38. The van der Waals surface area contributed by atoms with Crippen LogP contribution in [0.2, 0.25) is 0 Å². The molecule has 1 atom stereocenters. The fraction of sp³-hybridized carbons (Fsp3) is 0.250. The lowest BCUT2D eigenvalue weighted by Gasteiger charge is -2.22. The molecule has 2 heterocycles. The van der Waals surface area contributed by atoms with Gasteiger partial charge in [0.25, 0.3) is 5.91 Å². The van der Waals surface area contributed by atoms with Gasteiger partial charge in [-0.1, -0.05) is 23.5 Å². The molecule has 0 radical (unpaired) electrons. The molecule has 1 aliphatic rings. The lowest BCUT2D eigenvalue weighted by atomic mass is 10.2. The van der Waals surface area contributed by atoms with Gasteiger partial charge in [0, 0.05) is 6.54 Å². The van der Waals surface area contributed by atoms with Crippen LogP contribution in [0.5, 0.6) is 5.75 Å². The first-order valence-electron chi connectivity index (χ1n) is 9.45. The smallest absolute Gasteiger partial charge is 0.286 e. The van der Waals surface area contributed by atoms with Crippen LogP contribution in [0.25, 0.3) is 0 Å². The summed E-state index contributed by atoms with van der Waals surface area (Å²) in [4.78, 5) is 12.6. The molecule has 162 valence electrons. The molecule has 1 N–H and O–H groups in total. The van der Waals surface area contributed by atoms with E-state index in [1.165, 1.54) is 41.7 Å². The Kier molecular flexibility index (Phi) is 5.99. The van der Waals surface area contributed by atoms with Crippen molar-refractivity contribution in [3.05, 3.63) is 64.4 Å². The van der Waals surface area contributed by atoms with Gasteiger partial charge >= 0.3 is 0 Å². The van der Waals surface area contributed by atoms with Crippen LogP contribution in [-0.4, -0.2) is 42.5 Å². The van der Waals surface area contributed by atoms with E-state index in [4.69, 9.17) is 4.74 Å². The summed E-state index contributed by atoms with van der Waals surface area (Å²) in [6, 6.07) is 11.5. The van der Waals surface area contributed by atoms with Crippen molar-refractivity contribution in [1.82, 2.24) is 14.5 Å². The van der Waals surface area contributed by atoms with Gasteiger partial charge in [0.2, 0.25) is 15.0 Å². The predicted molar refractivity (Wildman–Crippen MR) is 113 cm³/mol. The Balaban J connectivity index is 1.54. The Labute approximate surface area is 182 Å². The standard InChI is InChI=1S/C20H19FN4O4S2/c1-29-13-8-10-14(11-9-13)31(27,28)25-12-4-7-17(25)19-23-24-20(30-19)18(26)22-16-6-3-2-5-15(16)21/h2-3,5-6,8-11,17H,4,7,12H2,1H3,(H,22,26)/t17-/m0/s1. The third-order valence-corrected chi connectivity index (χ3v) is 7.86. The summed E-state index contributed by atoms with van der Waals surface area (Å²) >= 11 is 1.00. The zero-order chi connectivity index (χ0) is 22.0. The molecular formula is C20H19FN4O4S2. The second-order valence-corrected chi connectivity index (χ2v) is 9.73. The highest BCUT2D eigenvalue weighted by molar-refractivity contribution is 7.89. The lowest BCUT2D eigenvalue weighted by molar-refractivity contribution is 0.102. The van der Waals surface area contributed by atoms with E-state index in [1.54, 1.807) is 18.2 Å². The van der Waals surface area contributed by atoms with E-state index >= 15 is 0 Å². The van der Waals surface area contributed by atoms with E-state index < -0.39 is 27.8 Å². The fourth-order valence-electron chi connectivity index (χ4n) is 3.36. The molecule has 31 heavy (non-hydrogen) atoms. The van der Waals surface area contributed by atoms with Crippen molar-refractivity contribution in [2.45, 2.75) is 23.8 Å². The number of benzene rings is 2.